The fourth-order valence-corrected chi connectivity index (χ4v) is 4.07. The van der Waals surface area contributed by atoms with E-state index >= 15 is 4.39 Å². The lowest BCUT2D eigenvalue weighted by Gasteiger charge is -2.40. The molecule has 2 aromatic carbocycles. The standard InChI is InChI=1S/C24H32FNO4/c1-3-29-19-9-6-8-18(16-19)23-20(10-7-11-21(23)25)24(27,12-4-5-14-28-2)22-17-26-13-15-30-22/h6-11,16,22,26-27H,3-5,12-15,17H2,1-2H3/t22?,24-/m1/s1. The maximum atomic E-state index is 15.2. The van der Waals surface area contributed by atoms with E-state index in [4.69, 9.17) is 14.2 Å². The summed E-state index contributed by atoms with van der Waals surface area (Å²) in [7, 11) is 1.66. The highest BCUT2D eigenvalue weighted by Crippen LogP contribution is 2.41. The van der Waals surface area contributed by atoms with Gasteiger partial charge in [0.05, 0.1) is 13.2 Å². The van der Waals surface area contributed by atoms with Crippen LogP contribution in [0.1, 0.15) is 31.7 Å². The molecule has 5 nitrogen and oxygen atoms in total. The molecule has 2 atom stereocenters. The van der Waals surface area contributed by atoms with Gasteiger partial charge in [-0.3, -0.25) is 0 Å². The second-order valence-electron chi connectivity index (χ2n) is 7.56. The normalized spacial score (nSPS) is 18.7. The van der Waals surface area contributed by atoms with Crippen LogP contribution in [0.5, 0.6) is 5.75 Å². The number of nitrogens with one attached hydrogen (secondary N) is 1. The van der Waals surface area contributed by atoms with Gasteiger partial charge >= 0.3 is 0 Å². The Balaban J connectivity index is 2.04. The molecule has 0 amide bonds. The molecule has 1 unspecified atom stereocenters. The molecule has 1 saturated heterocycles. The third-order valence-electron chi connectivity index (χ3n) is 5.53. The van der Waals surface area contributed by atoms with E-state index in [-0.39, 0.29) is 5.82 Å². The van der Waals surface area contributed by atoms with Gasteiger partial charge in [-0.05, 0) is 55.5 Å². The number of benzene rings is 2. The van der Waals surface area contributed by atoms with Crippen molar-refractivity contribution in [2.45, 2.75) is 37.9 Å². The summed E-state index contributed by atoms with van der Waals surface area (Å²) in [6.45, 7) is 4.81. The molecule has 0 radical (unpaired) electrons. The van der Waals surface area contributed by atoms with Crippen molar-refractivity contribution in [3.05, 3.63) is 53.8 Å². The SMILES string of the molecule is CCOc1cccc(-c2c(F)cccc2[C@](O)(CCCCOC)C2CNCCO2)c1. The van der Waals surface area contributed by atoms with Gasteiger partial charge in [0.2, 0.25) is 0 Å². The molecule has 2 N–H and O–H groups in total. The molecule has 1 fully saturated rings. The summed E-state index contributed by atoms with van der Waals surface area (Å²) in [5.41, 5.74) is 0.276. The predicted molar refractivity (Wildman–Crippen MR) is 115 cm³/mol. The highest BCUT2D eigenvalue weighted by molar-refractivity contribution is 5.70. The number of hydrogen-bond donors (Lipinski definition) is 2. The minimum atomic E-state index is -1.33. The zero-order valence-electron chi connectivity index (χ0n) is 17.8. The summed E-state index contributed by atoms with van der Waals surface area (Å²) in [6.07, 6.45) is 1.52. The van der Waals surface area contributed by atoms with Crippen LogP contribution in [0, 0.1) is 5.82 Å². The summed E-state index contributed by atoms with van der Waals surface area (Å²) in [5, 5.41) is 15.2. The van der Waals surface area contributed by atoms with Crippen LogP contribution in [-0.2, 0) is 15.1 Å². The summed E-state index contributed by atoms with van der Waals surface area (Å²) < 4.78 is 31.9. The van der Waals surface area contributed by atoms with Crippen LogP contribution in [0.2, 0.25) is 0 Å². The molecule has 1 aliphatic rings. The average molecular weight is 418 g/mol. The number of rotatable bonds is 10. The van der Waals surface area contributed by atoms with Crippen molar-refractivity contribution >= 4 is 0 Å². The first-order chi connectivity index (χ1) is 14.6. The molecule has 0 aliphatic carbocycles. The Bertz CT molecular complexity index is 810. The van der Waals surface area contributed by atoms with Crippen LogP contribution in [0.15, 0.2) is 42.5 Å². The Morgan fingerprint density at radius 2 is 2.07 bits per heavy atom. The molecule has 30 heavy (non-hydrogen) atoms. The van der Waals surface area contributed by atoms with E-state index in [0.717, 1.165) is 19.4 Å². The predicted octanol–water partition coefficient (Wildman–Crippen LogP) is 3.88. The van der Waals surface area contributed by atoms with Crippen molar-refractivity contribution < 1.29 is 23.7 Å². The van der Waals surface area contributed by atoms with E-state index in [2.05, 4.69) is 5.32 Å². The molecule has 0 spiro atoms. The average Bonchev–Trinajstić information content (AvgIpc) is 2.77. The lowest BCUT2D eigenvalue weighted by atomic mass is 9.79. The number of aliphatic hydroxyl groups is 1. The summed E-state index contributed by atoms with van der Waals surface area (Å²) >= 11 is 0. The van der Waals surface area contributed by atoms with Gasteiger partial charge in [-0.1, -0.05) is 24.3 Å². The molecule has 0 bridgehead atoms. The fourth-order valence-electron chi connectivity index (χ4n) is 4.07. The summed E-state index contributed by atoms with van der Waals surface area (Å²) in [5.74, 6) is 0.295. The van der Waals surface area contributed by atoms with Gasteiger partial charge in [-0.25, -0.2) is 4.39 Å². The van der Waals surface area contributed by atoms with Crippen LogP contribution in [-0.4, -0.2) is 51.2 Å². The van der Waals surface area contributed by atoms with Crippen molar-refractivity contribution in [1.29, 1.82) is 0 Å². The van der Waals surface area contributed by atoms with Crippen molar-refractivity contribution in [1.82, 2.24) is 5.32 Å². The first-order valence-electron chi connectivity index (χ1n) is 10.7. The van der Waals surface area contributed by atoms with Crippen LogP contribution < -0.4 is 10.1 Å². The number of hydrogen-bond acceptors (Lipinski definition) is 5. The van der Waals surface area contributed by atoms with Crippen molar-refractivity contribution in [3.63, 3.8) is 0 Å². The zero-order chi connectivity index (χ0) is 21.4. The monoisotopic (exact) mass is 417 g/mol. The smallest absolute Gasteiger partial charge is 0.131 e. The fraction of sp³-hybridized carbons (Fsp3) is 0.500. The molecule has 1 aliphatic heterocycles. The lowest BCUT2D eigenvalue weighted by Crippen LogP contribution is -2.51. The lowest BCUT2D eigenvalue weighted by molar-refractivity contribution is -0.129. The van der Waals surface area contributed by atoms with Gasteiger partial charge in [0.25, 0.3) is 0 Å². The number of methoxy groups -OCH3 is 1. The van der Waals surface area contributed by atoms with Gasteiger partial charge in [0.15, 0.2) is 0 Å². The number of morpholine rings is 1. The Morgan fingerprint density at radius 1 is 1.23 bits per heavy atom. The zero-order valence-corrected chi connectivity index (χ0v) is 17.8. The highest BCUT2D eigenvalue weighted by atomic mass is 19.1. The second kappa shape index (κ2) is 10.9. The van der Waals surface area contributed by atoms with Crippen LogP contribution in [0.4, 0.5) is 4.39 Å². The first kappa shape index (κ1) is 22.7. The van der Waals surface area contributed by atoms with E-state index in [1.54, 1.807) is 19.2 Å². The summed E-state index contributed by atoms with van der Waals surface area (Å²) in [4.78, 5) is 0. The maximum Gasteiger partial charge on any atom is 0.131 e. The van der Waals surface area contributed by atoms with E-state index in [9.17, 15) is 5.11 Å². The van der Waals surface area contributed by atoms with E-state index in [0.29, 0.717) is 55.2 Å². The minimum Gasteiger partial charge on any atom is -0.494 e. The third-order valence-corrected chi connectivity index (χ3v) is 5.53. The molecule has 1 heterocycles. The molecule has 2 aromatic rings. The quantitative estimate of drug-likeness (QED) is 0.575. The molecular formula is C24H32FNO4. The summed E-state index contributed by atoms with van der Waals surface area (Å²) in [6, 6.07) is 12.2. The minimum absolute atomic E-state index is 0.375. The molecule has 0 aromatic heterocycles. The topological polar surface area (TPSA) is 60.0 Å². The number of unbranched alkanes of at least 4 members (excludes halogenated alkanes) is 1. The maximum absolute atomic E-state index is 15.2. The Kier molecular flexibility index (Phi) is 8.22. The van der Waals surface area contributed by atoms with Gasteiger partial charge in [-0.15, -0.1) is 0 Å². The molecular weight excluding hydrogens is 385 g/mol. The molecule has 6 heteroatoms. The van der Waals surface area contributed by atoms with Gasteiger partial charge in [0, 0.05) is 32.4 Å². The van der Waals surface area contributed by atoms with Gasteiger partial charge in [0.1, 0.15) is 23.3 Å². The van der Waals surface area contributed by atoms with E-state index in [1.165, 1.54) is 6.07 Å². The molecule has 0 saturated carbocycles. The van der Waals surface area contributed by atoms with Crippen LogP contribution in [0.3, 0.4) is 0 Å². The number of ether oxygens (including phenoxy) is 3. The third kappa shape index (κ3) is 5.19. The second-order valence-corrected chi connectivity index (χ2v) is 7.56. The Morgan fingerprint density at radius 3 is 2.80 bits per heavy atom. The van der Waals surface area contributed by atoms with Crippen LogP contribution >= 0.6 is 0 Å². The Hall–Kier alpha value is -1.99. The molecule has 164 valence electrons. The van der Waals surface area contributed by atoms with Gasteiger partial charge < -0.3 is 24.6 Å². The van der Waals surface area contributed by atoms with Crippen molar-refractivity contribution in [3.8, 4) is 16.9 Å². The molecule has 3 rings (SSSR count). The first-order valence-corrected chi connectivity index (χ1v) is 10.7. The van der Waals surface area contributed by atoms with E-state index in [1.807, 2.05) is 31.2 Å². The highest BCUT2D eigenvalue weighted by Gasteiger charge is 2.42. The van der Waals surface area contributed by atoms with Crippen molar-refractivity contribution in [2.24, 2.45) is 0 Å². The van der Waals surface area contributed by atoms with E-state index < -0.39 is 11.7 Å². The largest absolute Gasteiger partial charge is 0.494 e. The Labute approximate surface area is 178 Å². The van der Waals surface area contributed by atoms with Crippen LogP contribution in [0.25, 0.3) is 11.1 Å². The van der Waals surface area contributed by atoms with Gasteiger partial charge in [-0.2, -0.15) is 0 Å². The number of halogens is 1. The van der Waals surface area contributed by atoms with Crippen molar-refractivity contribution in [2.75, 3.05) is 40.0 Å².